The summed E-state index contributed by atoms with van der Waals surface area (Å²) < 4.78 is 10.6. The first kappa shape index (κ1) is 16.0. The van der Waals surface area contributed by atoms with Gasteiger partial charge in [0.1, 0.15) is 23.9 Å². The number of benzene rings is 2. The van der Waals surface area contributed by atoms with Gasteiger partial charge in [-0.15, -0.1) is 0 Å². The van der Waals surface area contributed by atoms with Crippen LogP contribution in [0.3, 0.4) is 0 Å². The van der Waals surface area contributed by atoms with E-state index in [0.717, 1.165) is 11.5 Å². The van der Waals surface area contributed by atoms with Gasteiger partial charge in [-0.3, -0.25) is 4.79 Å². The van der Waals surface area contributed by atoms with Crippen LogP contribution in [0.2, 0.25) is 0 Å². The zero-order valence-corrected chi connectivity index (χ0v) is 12.8. The number of halogens is 1. The van der Waals surface area contributed by atoms with Crippen LogP contribution in [0.15, 0.2) is 42.5 Å². The van der Waals surface area contributed by atoms with Gasteiger partial charge >= 0.3 is 0 Å². The highest BCUT2D eigenvalue weighted by Crippen LogP contribution is 2.23. The Balaban J connectivity index is 1.83. The summed E-state index contributed by atoms with van der Waals surface area (Å²) in [6.07, 6.45) is 0. The topological polar surface area (TPSA) is 67.8 Å². The Morgan fingerprint density at radius 3 is 2.50 bits per heavy atom. The van der Waals surface area contributed by atoms with Crippen molar-refractivity contribution in [3.63, 3.8) is 0 Å². The van der Waals surface area contributed by atoms with Crippen molar-refractivity contribution in [2.45, 2.75) is 0 Å². The largest absolute Gasteiger partial charge is 0.507 e. The number of anilines is 1. The van der Waals surface area contributed by atoms with E-state index in [-0.39, 0.29) is 11.3 Å². The molecule has 0 bridgehead atoms. The zero-order chi connectivity index (χ0) is 15.9. The molecule has 2 rings (SSSR count). The molecule has 0 spiro atoms. The highest BCUT2D eigenvalue weighted by molar-refractivity contribution is 6.68. The summed E-state index contributed by atoms with van der Waals surface area (Å²) in [5.74, 6) is 1.37. The lowest BCUT2D eigenvalue weighted by atomic mass is 10.2. The van der Waals surface area contributed by atoms with Crippen molar-refractivity contribution in [2.24, 2.45) is 0 Å². The second-order valence-corrected chi connectivity index (χ2v) is 4.80. The maximum atomic E-state index is 11.1. The number of phenolic OH excluding ortho intramolecular Hbond substituents is 1. The van der Waals surface area contributed by atoms with Gasteiger partial charge in [0.05, 0.1) is 12.7 Å². The van der Waals surface area contributed by atoms with Crippen LogP contribution in [0.5, 0.6) is 17.2 Å². The summed E-state index contributed by atoms with van der Waals surface area (Å²) in [5.41, 5.74) is 0.753. The second-order valence-electron chi connectivity index (χ2n) is 4.46. The molecule has 22 heavy (non-hydrogen) atoms. The predicted octanol–water partition coefficient (Wildman–Crippen LogP) is 3.27. The summed E-state index contributed by atoms with van der Waals surface area (Å²) >= 11 is 5.38. The Hall–Kier alpha value is -2.40. The third kappa shape index (κ3) is 4.30. The zero-order valence-electron chi connectivity index (χ0n) is 12.0. The van der Waals surface area contributed by atoms with E-state index in [4.69, 9.17) is 21.1 Å². The van der Waals surface area contributed by atoms with Crippen LogP contribution >= 0.6 is 11.6 Å². The lowest BCUT2D eigenvalue weighted by molar-refractivity contribution is 0.107. The van der Waals surface area contributed by atoms with Gasteiger partial charge in [-0.2, -0.15) is 0 Å². The van der Waals surface area contributed by atoms with Crippen molar-refractivity contribution in [3.8, 4) is 17.2 Å². The standard InChI is InChI=1S/C16H16ClNO4/c1-21-12-3-5-13(6-4-12)22-9-8-18-11-2-7-15(19)14(10-11)16(17)20/h2-7,10,18-19H,8-9H2,1H3. The van der Waals surface area contributed by atoms with E-state index in [1.165, 1.54) is 12.1 Å². The smallest absolute Gasteiger partial charge is 0.256 e. The number of carbonyl (C=O) groups excluding carboxylic acids is 1. The minimum atomic E-state index is -0.698. The van der Waals surface area contributed by atoms with Gasteiger partial charge in [-0.1, -0.05) is 0 Å². The molecule has 6 heteroatoms. The molecule has 0 radical (unpaired) electrons. The predicted molar refractivity (Wildman–Crippen MR) is 85.3 cm³/mol. The first-order chi connectivity index (χ1) is 10.6. The Labute approximate surface area is 133 Å². The number of ether oxygens (including phenoxy) is 2. The number of rotatable bonds is 7. The number of aromatic hydroxyl groups is 1. The molecule has 0 fully saturated rings. The fourth-order valence-electron chi connectivity index (χ4n) is 1.84. The molecule has 0 aromatic heterocycles. The van der Waals surface area contributed by atoms with Crippen LogP contribution < -0.4 is 14.8 Å². The first-order valence-electron chi connectivity index (χ1n) is 6.63. The molecular weight excluding hydrogens is 306 g/mol. The number of hydrogen-bond acceptors (Lipinski definition) is 5. The summed E-state index contributed by atoms with van der Waals surface area (Å²) in [4.78, 5) is 11.1. The Bertz CT molecular complexity index is 643. The third-order valence-corrected chi connectivity index (χ3v) is 3.17. The molecule has 5 nitrogen and oxygen atoms in total. The Kier molecular flexibility index (Phi) is 5.49. The van der Waals surface area contributed by atoms with E-state index in [0.29, 0.717) is 18.8 Å². The fraction of sp³-hybridized carbons (Fsp3) is 0.188. The van der Waals surface area contributed by atoms with Gasteiger partial charge in [0.25, 0.3) is 5.24 Å². The number of methoxy groups -OCH3 is 1. The molecule has 0 atom stereocenters. The lowest BCUT2D eigenvalue weighted by Gasteiger charge is -2.10. The normalized spacial score (nSPS) is 10.1. The van der Waals surface area contributed by atoms with E-state index >= 15 is 0 Å². The molecule has 0 heterocycles. The van der Waals surface area contributed by atoms with Gasteiger partial charge < -0.3 is 19.9 Å². The van der Waals surface area contributed by atoms with Crippen LogP contribution in [0.25, 0.3) is 0 Å². The Morgan fingerprint density at radius 1 is 1.18 bits per heavy atom. The quantitative estimate of drug-likeness (QED) is 0.465. The van der Waals surface area contributed by atoms with Crippen LogP contribution in [-0.2, 0) is 0 Å². The minimum absolute atomic E-state index is 0.0720. The highest BCUT2D eigenvalue weighted by Gasteiger charge is 2.08. The van der Waals surface area contributed by atoms with Gasteiger partial charge in [0.2, 0.25) is 0 Å². The van der Waals surface area contributed by atoms with Crippen molar-refractivity contribution in [3.05, 3.63) is 48.0 Å². The molecule has 0 saturated carbocycles. The monoisotopic (exact) mass is 321 g/mol. The van der Waals surface area contributed by atoms with Crippen molar-refractivity contribution in [2.75, 3.05) is 25.6 Å². The molecule has 2 N–H and O–H groups in total. The number of nitrogens with one attached hydrogen (secondary N) is 1. The van der Waals surface area contributed by atoms with Crippen LogP contribution in [-0.4, -0.2) is 30.6 Å². The van der Waals surface area contributed by atoms with Crippen molar-refractivity contribution >= 4 is 22.5 Å². The second kappa shape index (κ2) is 7.56. The van der Waals surface area contributed by atoms with E-state index in [9.17, 15) is 9.90 Å². The third-order valence-electron chi connectivity index (χ3n) is 2.97. The van der Waals surface area contributed by atoms with Crippen molar-refractivity contribution in [1.29, 1.82) is 0 Å². The van der Waals surface area contributed by atoms with Gasteiger partial charge in [0, 0.05) is 12.2 Å². The van der Waals surface area contributed by atoms with E-state index in [1.807, 2.05) is 24.3 Å². The molecule has 0 aliphatic carbocycles. The molecular formula is C16H16ClNO4. The summed E-state index contributed by atoms with van der Waals surface area (Å²) in [5, 5.41) is 11.9. The molecule has 0 unspecified atom stereocenters. The first-order valence-corrected chi connectivity index (χ1v) is 7.01. The number of carbonyl (C=O) groups is 1. The van der Waals surface area contributed by atoms with E-state index in [2.05, 4.69) is 5.32 Å². The fourth-order valence-corrected chi connectivity index (χ4v) is 1.99. The van der Waals surface area contributed by atoms with E-state index in [1.54, 1.807) is 13.2 Å². The van der Waals surface area contributed by atoms with Crippen LogP contribution in [0, 0.1) is 0 Å². The average Bonchev–Trinajstić information content (AvgIpc) is 2.53. The summed E-state index contributed by atoms with van der Waals surface area (Å²) in [6.45, 7) is 0.976. The lowest BCUT2D eigenvalue weighted by Crippen LogP contribution is -2.11. The number of phenols is 1. The molecule has 116 valence electrons. The Morgan fingerprint density at radius 2 is 1.86 bits per heavy atom. The molecule has 2 aromatic carbocycles. The molecule has 0 amide bonds. The minimum Gasteiger partial charge on any atom is -0.507 e. The van der Waals surface area contributed by atoms with E-state index < -0.39 is 5.24 Å². The SMILES string of the molecule is COc1ccc(OCCNc2ccc(O)c(C(=O)Cl)c2)cc1. The molecule has 0 saturated heterocycles. The number of hydrogen-bond donors (Lipinski definition) is 2. The maximum absolute atomic E-state index is 11.1. The molecule has 2 aromatic rings. The van der Waals surface area contributed by atoms with Gasteiger partial charge in [0.15, 0.2) is 0 Å². The highest BCUT2D eigenvalue weighted by atomic mass is 35.5. The van der Waals surface area contributed by atoms with Crippen molar-refractivity contribution in [1.82, 2.24) is 0 Å². The van der Waals surface area contributed by atoms with Gasteiger partial charge in [-0.25, -0.2) is 0 Å². The molecule has 0 aliphatic rings. The summed E-state index contributed by atoms with van der Waals surface area (Å²) in [6, 6.07) is 11.9. The van der Waals surface area contributed by atoms with Crippen LogP contribution in [0.4, 0.5) is 5.69 Å². The maximum Gasteiger partial charge on any atom is 0.256 e. The van der Waals surface area contributed by atoms with Crippen LogP contribution in [0.1, 0.15) is 10.4 Å². The summed E-state index contributed by atoms with van der Waals surface area (Å²) in [7, 11) is 1.61. The average molecular weight is 322 g/mol. The molecule has 0 aliphatic heterocycles. The van der Waals surface area contributed by atoms with Crippen molar-refractivity contribution < 1.29 is 19.4 Å². The van der Waals surface area contributed by atoms with Gasteiger partial charge in [-0.05, 0) is 54.1 Å².